The minimum absolute atomic E-state index is 0.962. The Kier molecular flexibility index (Phi) is 8.03. The Morgan fingerprint density at radius 3 is 1.82 bits per heavy atom. The van der Waals surface area contributed by atoms with Crippen LogP contribution in [0.3, 0.4) is 0 Å². The van der Waals surface area contributed by atoms with Crippen LogP contribution >= 0.6 is 0 Å². The average molecular weight is 158 g/mol. The Labute approximate surface area is 71.1 Å². The van der Waals surface area contributed by atoms with E-state index in [-0.39, 0.29) is 0 Å². The monoisotopic (exact) mass is 158 g/mol. The Morgan fingerprint density at radius 1 is 1.09 bits per heavy atom. The van der Waals surface area contributed by atoms with Gasteiger partial charge in [0.2, 0.25) is 0 Å². The van der Waals surface area contributed by atoms with Crippen molar-refractivity contribution in [2.75, 3.05) is 13.2 Å². The van der Waals surface area contributed by atoms with Gasteiger partial charge < -0.3 is 4.74 Å². The second-order valence-electron chi connectivity index (χ2n) is 3.17. The molecule has 0 aromatic heterocycles. The topological polar surface area (TPSA) is 9.23 Å². The summed E-state index contributed by atoms with van der Waals surface area (Å²) < 4.78 is 5.20. The van der Waals surface area contributed by atoms with Gasteiger partial charge in [-0.15, -0.1) is 0 Å². The molecule has 0 N–H and O–H groups in total. The van der Waals surface area contributed by atoms with Crippen LogP contribution in [0.15, 0.2) is 0 Å². The first kappa shape index (κ1) is 11.0. The SMILES string of the molecule is CCC.CCC1CCOCC1. The van der Waals surface area contributed by atoms with Crippen LogP contribution in [0.4, 0.5) is 0 Å². The molecule has 0 amide bonds. The first-order chi connectivity index (χ1) is 5.35. The van der Waals surface area contributed by atoms with E-state index in [0.717, 1.165) is 19.1 Å². The summed E-state index contributed by atoms with van der Waals surface area (Å²) in [4.78, 5) is 0. The van der Waals surface area contributed by atoms with E-state index in [9.17, 15) is 0 Å². The maximum absolute atomic E-state index is 5.20. The van der Waals surface area contributed by atoms with Crippen molar-refractivity contribution in [2.45, 2.75) is 46.5 Å². The van der Waals surface area contributed by atoms with Gasteiger partial charge >= 0.3 is 0 Å². The molecule has 0 atom stereocenters. The minimum Gasteiger partial charge on any atom is -0.381 e. The maximum Gasteiger partial charge on any atom is 0.0468 e. The van der Waals surface area contributed by atoms with Gasteiger partial charge in [-0.3, -0.25) is 0 Å². The molecule has 0 aromatic rings. The van der Waals surface area contributed by atoms with E-state index >= 15 is 0 Å². The van der Waals surface area contributed by atoms with Crippen LogP contribution < -0.4 is 0 Å². The van der Waals surface area contributed by atoms with Gasteiger partial charge in [-0.25, -0.2) is 0 Å². The lowest BCUT2D eigenvalue weighted by Gasteiger charge is -2.19. The van der Waals surface area contributed by atoms with Crippen LogP contribution in [0.25, 0.3) is 0 Å². The van der Waals surface area contributed by atoms with Crippen LogP contribution in [-0.2, 0) is 4.74 Å². The highest BCUT2D eigenvalue weighted by Gasteiger charge is 2.09. The third-order valence-electron chi connectivity index (χ3n) is 1.92. The molecule has 0 unspecified atom stereocenters. The Morgan fingerprint density at radius 2 is 1.55 bits per heavy atom. The van der Waals surface area contributed by atoms with E-state index in [0.29, 0.717) is 0 Å². The normalized spacial score (nSPS) is 18.8. The van der Waals surface area contributed by atoms with Gasteiger partial charge in [-0.2, -0.15) is 0 Å². The summed E-state index contributed by atoms with van der Waals surface area (Å²) in [5, 5.41) is 0. The molecule has 1 heterocycles. The maximum atomic E-state index is 5.20. The molecular weight excluding hydrogens is 136 g/mol. The van der Waals surface area contributed by atoms with E-state index < -0.39 is 0 Å². The van der Waals surface area contributed by atoms with Crippen molar-refractivity contribution in [3.05, 3.63) is 0 Å². The van der Waals surface area contributed by atoms with Crippen LogP contribution in [0, 0.1) is 5.92 Å². The lowest BCUT2D eigenvalue weighted by atomic mass is 9.98. The lowest BCUT2D eigenvalue weighted by Crippen LogP contribution is -2.14. The van der Waals surface area contributed by atoms with E-state index in [1.165, 1.54) is 25.7 Å². The van der Waals surface area contributed by atoms with Crippen LogP contribution in [-0.4, -0.2) is 13.2 Å². The summed E-state index contributed by atoms with van der Waals surface area (Å²) in [5.74, 6) is 0.962. The number of ether oxygens (including phenoxy) is 1. The van der Waals surface area contributed by atoms with Crippen molar-refractivity contribution < 1.29 is 4.74 Å². The summed E-state index contributed by atoms with van der Waals surface area (Å²) >= 11 is 0. The summed E-state index contributed by atoms with van der Waals surface area (Å²) in [7, 11) is 0. The van der Waals surface area contributed by atoms with Gasteiger partial charge in [0.1, 0.15) is 0 Å². The van der Waals surface area contributed by atoms with E-state index in [1.54, 1.807) is 0 Å². The number of hydrogen-bond acceptors (Lipinski definition) is 1. The standard InChI is InChI=1S/C7H14O.C3H8/c1-2-7-3-5-8-6-4-7;1-3-2/h7H,2-6H2,1H3;3H2,1-2H3. The largest absolute Gasteiger partial charge is 0.381 e. The molecule has 1 saturated heterocycles. The van der Waals surface area contributed by atoms with Crippen molar-refractivity contribution in [1.29, 1.82) is 0 Å². The fraction of sp³-hybridized carbons (Fsp3) is 1.00. The average Bonchev–Trinajstić information content (AvgIpc) is 2.08. The molecule has 0 radical (unpaired) electrons. The van der Waals surface area contributed by atoms with Gasteiger partial charge in [-0.1, -0.05) is 33.6 Å². The molecule has 0 saturated carbocycles. The van der Waals surface area contributed by atoms with Gasteiger partial charge in [-0.05, 0) is 18.8 Å². The molecule has 0 spiro atoms. The Bertz CT molecular complexity index is 65.3. The lowest BCUT2D eigenvalue weighted by molar-refractivity contribution is 0.0654. The third-order valence-corrected chi connectivity index (χ3v) is 1.92. The molecule has 0 aromatic carbocycles. The van der Waals surface area contributed by atoms with Crippen molar-refractivity contribution >= 4 is 0 Å². The third kappa shape index (κ3) is 6.36. The molecule has 1 aliphatic heterocycles. The minimum atomic E-state index is 0.962. The van der Waals surface area contributed by atoms with Gasteiger partial charge in [0, 0.05) is 13.2 Å². The molecule has 1 rings (SSSR count). The molecule has 1 heteroatoms. The smallest absolute Gasteiger partial charge is 0.0468 e. The predicted molar refractivity (Wildman–Crippen MR) is 49.8 cm³/mol. The van der Waals surface area contributed by atoms with E-state index in [4.69, 9.17) is 4.74 Å². The molecule has 0 aliphatic carbocycles. The highest BCUT2D eigenvalue weighted by molar-refractivity contribution is 4.60. The molecule has 1 aliphatic rings. The zero-order valence-corrected chi connectivity index (χ0v) is 8.23. The molecule has 1 fully saturated rings. The quantitative estimate of drug-likeness (QED) is 0.569. The summed E-state index contributed by atoms with van der Waals surface area (Å²) in [5.41, 5.74) is 0. The van der Waals surface area contributed by atoms with E-state index in [1.807, 2.05) is 0 Å². The summed E-state index contributed by atoms with van der Waals surface area (Å²) in [6.07, 6.45) is 5.16. The Hall–Kier alpha value is -0.0400. The fourth-order valence-electron chi connectivity index (χ4n) is 1.15. The highest BCUT2D eigenvalue weighted by Crippen LogP contribution is 2.16. The van der Waals surface area contributed by atoms with Gasteiger partial charge in [0.25, 0.3) is 0 Å². The predicted octanol–water partition coefficient (Wildman–Crippen LogP) is 3.24. The van der Waals surface area contributed by atoms with Gasteiger partial charge in [0.15, 0.2) is 0 Å². The number of rotatable bonds is 1. The van der Waals surface area contributed by atoms with Gasteiger partial charge in [0.05, 0.1) is 0 Å². The van der Waals surface area contributed by atoms with Crippen LogP contribution in [0.1, 0.15) is 46.5 Å². The zero-order valence-electron chi connectivity index (χ0n) is 8.23. The second kappa shape index (κ2) is 8.06. The van der Waals surface area contributed by atoms with Crippen molar-refractivity contribution in [2.24, 2.45) is 5.92 Å². The zero-order chi connectivity index (χ0) is 8.53. The van der Waals surface area contributed by atoms with Crippen molar-refractivity contribution in [3.8, 4) is 0 Å². The van der Waals surface area contributed by atoms with Crippen LogP contribution in [0.5, 0.6) is 0 Å². The first-order valence-corrected chi connectivity index (χ1v) is 4.92. The molecule has 1 nitrogen and oxygen atoms in total. The van der Waals surface area contributed by atoms with E-state index in [2.05, 4.69) is 20.8 Å². The second-order valence-corrected chi connectivity index (χ2v) is 3.17. The summed E-state index contributed by atoms with van der Waals surface area (Å²) in [6.45, 7) is 8.51. The molecule has 68 valence electrons. The van der Waals surface area contributed by atoms with Crippen molar-refractivity contribution in [3.63, 3.8) is 0 Å². The fourth-order valence-corrected chi connectivity index (χ4v) is 1.15. The molecule has 0 bridgehead atoms. The first-order valence-electron chi connectivity index (χ1n) is 4.92. The van der Waals surface area contributed by atoms with Crippen LogP contribution in [0.2, 0.25) is 0 Å². The number of hydrogen-bond donors (Lipinski definition) is 0. The Balaban J connectivity index is 0.000000292. The molecular formula is C10H22O. The highest BCUT2D eigenvalue weighted by atomic mass is 16.5. The molecule has 11 heavy (non-hydrogen) atoms. The van der Waals surface area contributed by atoms with Crippen molar-refractivity contribution in [1.82, 2.24) is 0 Å². The summed E-state index contributed by atoms with van der Waals surface area (Å²) in [6, 6.07) is 0.